The van der Waals surface area contributed by atoms with Crippen LogP contribution in [0, 0.1) is 5.41 Å². The quantitative estimate of drug-likeness (QED) is 0.863. The second kappa shape index (κ2) is 5.73. The van der Waals surface area contributed by atoms with Crippen LogP contribution >= 0.6 is 12.6 Å². The van der Waals surface area contributed by atoms with Gasteiger partial charge in [-0.05, 0) is 38.5 Å². The Kier molecular flexibility index (Phi) is 4.10. The first-order chi connectivity index (χ1) is 10.0. The van der Waals surface area contributed by atoms with Gasteiger partial charge in [-0.3, -0.25) is 0 Å². The van der Waals surface area contributed by atoms with Gasteiger partial charge in [-0.25, -0.2) is 0 Å². The van der Waals surface area contributed by atoms with Crippen LogP contribution in [0.5, 0.6) is 11.5 Å². The highest BCUT2D eigenvalue weighted by atomic mass is 32.1. The molecule has 0 saturated carbocycles. The molecule has 2 heterocycles. The first-order valence-electron chi connectivity index (χ1n) is 7.66. The van der Waals surface area contributed by atoms with Gasteiger partial charge in [-0.15, -0.1) is 0 Å². The van der Waals surface area contributed by atoms with E-state index in [4.69, 9.17) is 14.2 Å². The van der Waals surface area contributed by atoms with Crippen molar-refractivity contribution in [3.8, 4) is 11.5 Å². The van der Waals surface area contributed by atoms with Gasteiger partial charge < -0.3 is 14.2 Å². The van der Waals surface area contributed by atoms with Crippen LogP contribution in [0.4, 0.5) is 0 Å². The Morgan fingerprint density at radius 3 is 2.71 bits per heavy atom. The van der Waals surface area contributed by atoms with Crippen molar-refractivity contribution in [2.75, 3.05) is 25.6 Å². The molecule has 1 saturated heterocycles. The lowest BCUT2D eigenvalue weighted by atomic mass is 9.83. The molecule has 2 aliphatic heterocycles. The smallest absolute Gasteiger partial charge is 0.165 e. The lowest BCUT2D eigenvalue weighted by Crippen LogP contribution is -2.37. The second-order valence-corrected chi connectivity index (χ2v) is 7.16. The summed E-state index contributed by atoms with van der Waals surface area (Å²) in [5.41, 5.74) is 1.23. The van der Waals surface area contributed by atoms with Gasteiger partial charge in [-0.1, -0.05) is 12.1 Å². The minimum atomic E-state index is -0.137. The fourth-order valence-electron chi connectivity index (χ4n) is 3.08. The van der Waals surface area contributed by atoms with Gasteiger partial charge in [0.1, 0.15) is 5.60 Å². The first kappa shape index (κ1) is 15.0. The molecule has 0 atom stereocenters. The number of para-hydroxylation sites is 1. The molecule has 3 nitrogen and oxygen atoms in total. The highest BCUT2D eigenvalue weighted by Gasteiger charge is 2.35. The maximum Gasteiger partial charge on any atom is 0.165 e. The van der Waals surface area contributed by atoms with Crippen molar-refractivity contribution in [3.05, 3.63) is 23.8 Å². The van der Waals surface area contributed by atoms with Gasteiger partial charge >= 0.3 is 0 Å². The Morgan fingerprint density at radius 2 is 2.00 bits per heavy atom. The van der Waals surface area contributed by atoms with Gasteiger partial charge in [0.25, 0.3) is 0 Å². The number of thiol groups is 1. The van der Waals surface area contributed by atoms with Crippen molar-refractivity contribution in [1.82, 2.24) is 0 Å². The fourth-order valence-corrected chi connectivity index (χ4v) is 3.49. The van der Waals surface area contributed by atoms with E-state index in [1.54, 1.807) is 0 Å². The lowest BCUT2D eigenvalue weighted by Gasteiger charge is -2.35. The first-order valence-corrected chi connectivity index (χ1v) is 8.29. The number of ether oxygens (including phenoxy) is 3. The maximum absolute atomic E-state index is 6.15. The minimum absolute atomic E-state index is 0.123. The average Bonchev–Trinajstić information content (AvgIpc) is 2.80. The molecule has 1 aromatic rings. The van der Waals surface area contributed by atoms with Crippen molar-refractivity contribution < 1.29 is 14.2 Å². The van der Waals surface area contributed by atoms with Crippen LogP contribution in [0.3, 0.4) is 0 Å². The molecule has 2 aliphatic rings. The van der Waals surface area contributed by atoms with Crippen LogP contribution < -0.4 is 9.47 Å². The molecule has 116 valence electrons. The van der Waals surface area contributed by atoms with E-state index in [1.807, 2.05) is 6.07 Å². The Bertz CT molecular complexity index is 507. The third kappa shape index (κ3) is 3.16. The molecule has 0 amide bonds. The SMILES string of the molecule is CC1(C)Cc2cccc(OCC3(CS)CCOCC3)c2O1. The molecular formula is C17H24O3S. The molecule has 0 spiro atoms. The molecule has 21 heavy (non-hydrogen) atoms. The van der Waals surface area contributed by atoms with E-state index in [-0.39, 0.29) is 11.0 Å². The average molecular weight is 308 g/mol. The zero-order valence-electron chi connectivity index (χ0n) is 12.9. The summed E-state index contributed by atoms with van der Waals surface area (Å²) in [5.74, 6) is 2.62. The predicted octanol–water partition coefficient (Wildman–Crippen LogP) is 3.51. The van der Waals surface area contributed by atoms with Crippen LogP contribution in [-0.2, 0) is 11.2 Å². The third-order valence-electron chi connectivity index (χ3n) is 4.48. The van der Waals surface area contributed by atoms with Gasteiger partial charge in [0, 0.05) is 30.6 Å². The van der Waals surface area contributed by atoms with E-state index in [1.165, 1.54) is 5.56 Å². The second-order valence-electron chi connectivity index (χ2n) is 6.84. The van der Waals surface area contributed by atoms with E-state index >= 15 is 0 Å². The zero-order valence-corrected chi connectivity index (χ0v) is 13.7. The van der Waals surface area contributed by atoms with Crippen LogP contribution in [0.2, 0.25) is 0 Å². The normalized spacial score (nSPS) is 22.4. The molecule has 0 aliphatic carbocycles. The Hall–Kier alpha value is -0.870. The summed E-state index contributed by atoms with van der Waals surface area (Å²) >= 11 is 4.54. The molecule has 1 aromatic carbocycles. The summed E-state index contributed by atoms with van der Waals surface area (Å²) in [6.45, 7) is 6.52. The molecule has 3 rings (SSSR count). The van der Waals surface area contributed by atoms with Crippen molar-refractivity contribution in [1.29, 1.82) is 0 Å². The molecule has 1 fully saturated rings. The Balaban J connectivity index is 1.73. The molecule has 0 bridgehead atoms. The van der Waals surface area contributed by atoms with E-state index in [2.05, 4.69) is 38.6 Å². The van der Waals surface area contributed by atoms with E-state index in [0.717, 1.165) is 49.7 Å². The summed E-state index contributed by atoms with van der Waals surface area (Å²) in [5, 5.41) is 0. The number of benzene rings is 1. The third-order valence-corrected chi connectivity index (χ3v) is 5.15. The van der Waals surface area contributed by atoms with Crippen molar-refractivity contribution >= 4 is 12.6 Å². The summed E-state index contributed by atoms with van der Waals surface area (Å²) < 4.78 is 17.7. The number of hydrogen-bond donors (Lipinski definition) is 1. The minimum Gasteiger partial charge on any atom is -0.489 e. The molecular weight excluding hydrogens is 284 g/mol. The Labute approximate surface area is 132 Å². The molecule has 0 unspecified atom stereocenters. The number of hydrogen-bond acceptors (Lipinski definition) is 4. The maximum atomic E-state index is 6.15. The number of fused-ring (bicyclic) bond motifs is 1. The van der Waals surface area contributed by atoms with Crippen LogP contribution in [0.1, 0.15) is 32.3 Å². The van der Waals surface area contributed by atoms with Crippen LogP contribution in [-0.4, -0.2) is 31.2 Å². The van der Waals surface area contributed by atoms with E-state index < -0.39 is 0 Å². The monoisotopic (exact) mass is 308 g/mol. The summed E-state index contributed by atoms with van der Waals surface area (Å²) in [6.07, 6.45) is 2.96. The van der Waals surface area contributed by atoms with Gasteiger partial charge in [0.15, 0.2) is 11.5 Å². The largest absolute Gasteiger partial charge is 0.489 e. The van der Waals surface area contributed by atoms with Gasteiger partial charge in [-0.2, -0.15) is 12.6 Å². The molecule has 0 N–H and O–H groups in total. The van der Waals surface area contributed by atoms with E-state index in [9.17, 15) is 0 Å². The van der Waals surface area contributed by atoms with Crippen molar-refractivity contribution in [2.45, 2.75) is 38.7 Å². The highest BCUT2D eigenvalue weighted by Crippen LogP contribution is 2.43. The van der Waals surface area contributed by atoms with E-state index in [0.29, 0.717) is 6.61 Å². The Morgan fingerprint density at radius 1 is 1.24 bits per heavy atom. The lowest BCUT2D eigenvalue weighted by molar-refractivity contribution is 0.00223. The van der Waals surface area contributed by atoms with Crippen LogP contribution in [0.15, 0.2) is 18.2 Å². The van der Waals surface area contributed by atoms with Gasteiger partial charge in [0.2, 0.25) is 0 Å². The fraction of sp³-hybridized carbons (Fsp3) is 0.647. The summed E-state index contributed by atoms with van der Waals surface area (Å²) in [4.78, 5) is 0. The molecule has 4 heteroatoms. The summed E-state index contributed by atoms with van der Waals surface area (Å²) in [7, 11) is 0. The zero-order chi connectivity index (χ0) is 14.9. The van der Waals surface area contributed by atoms with Crippen molar-refractivity contribution in [2.24, 2.45) is 5.41 Å². The van der Waals surface area contributed by atoms with Gasteiger partial charge in [0.05, 0.1) is 6.61 Å². The summed E-state index contributed by atoms with van der Waals surface area (Å²) in [6, 6.07) is 6.18. The number of rotatable bonds is 4. The van der Waals surface area contributed by atoms with Crippen LogP contribution in [0.25, 0.3) is 0 Å². The topological polar surface area (TPSA) is 27.7 Å². The van der Waals surface area contributed by atoms with Crippen molar-refractivity contribution in [3.63, 3.8) is 0 Å². The highest BCUT2D eigenvalue weighted by molar-refractivity contribution is 7.80. The predicted molar refractivity (Wildman–Crippen MR) is 86.7 cm³/mol. The molecule has 0 radical (unpaired) electrons. The standard InChI is InChI=1S/C17H24O3S/c1-16(2)10-13-4-3-5-14(15(13)20-16)19-11-17(12-21)6-8-18-9-7-17/h3-5,21H,6-12H2,1-2H3. The molecule has 0 aromatic heterocycles.